The maximum atomic E-state index is 13.1. The van der Waals surface area contributed by atoms with E-state index in [0.29, 0.717) is 11.3 Å². The Kier molecular flexibility index (Phi) is 5.18. The molecule has 4 nitrogen and oxygen atoms in total. The average molecular weight is 333 g/mol. The number of nitrogens with zero attached hydrogens (tertiary/aromatic N) is 1. The van der Waals surface area contributed by atoms with Gasteiger partial charge in [0.15, 0.2) is 0 Å². The summed E-state index contributed by atoms with van der Waals surface area (Å²) in [6, 6.07) is 6.30. The highest BCUT2D eigenvalue weighted by Gasteiger charge is 2.28. The highest BCUT2D eigenvalue weighted by Crippen LogP contribution is 2.22. The number of carbonyl (C=O) groups is 1. The van der Waals surface area contributed by atoms with Crippen molar-refractivity contribution in [1.82, 2.24) is 4.90 Å². The van der Waals surface area contributed by atoms with E-state index in [1.807, 2.05) is 24.8 Å². The molecule has 23 heavy (non-hydrogen) atoms. The number of carbonyl (C=O) groups excluding carboxylic acids is 1. The van der Waals surface area contributed by atoms with Crippen LogP contribution in [0.1, 0.15) is 39.6 Å². The van der Waals surface area contributed by atoms with Crippen molar-refractivity contribution >= 4 is 17.2 Å². The molecule has 1 amide bonds. The average Bonchev–Trinajstić information content (AvgIpc) is 3.18. The van der Waals surface area contributed by atoms with Crippen molar-refractivity contribution in [2.45, 2.75) is 39.2 Å². The maximum absolute atomic E-state index is 13.1. The molecule has 0 radical (unpaired) electrons. The topological polar surface area (TPSA) is 42.7 Å². The predicted octanol–water partition coefficient (Wildman–Crippen LogP) is 3.82. The molecule has 1 aliphatic heterocycles. The van der Waals surface area contributed by atoms with Crippen LogP contribution in [0.3, 0.4) is 0 Å². The second-order valence-electron chi connectivity index (χ2n) is 6.00. The van der Waals surface area contributed by atoms with Crippen molar-refractivity contribution in [2.75, 3.05) is 19.8 Å². The van der Waals surface area contributed by atoms with Gasteiger partial charge in [-0.3, -0.25) is 4.79 Å². The van der Waals surface area contributed by atoms with Gasteiger partial charge in [0.05, 0.1) is 5.56 Å². The van der Waals surface area contributed by atoms with Gasteiger partial charge in [-0.25, -0.2) is 0 Å². The second-order valence-corrected chi connectivity index (χ2v) is 7.03. The van der Waals surface area contributed by atoms with Gasteiger partial charge in [0, 0.05) is 30.7 Å². The number of amides is 1. The molecule has 0 aliphatic carbocycles. The Labute approximate surface area is 141 Å². The van der Waals surface area contributed by atoms with Crippen molar-refractivity contribution in [2.24, 2.45) is 0 Å². The molecule has 1 saturated heterocycles. The molecule has 2 aromatic heterocycles. The zero-order valence-electron chi connectivity index (χ0n) is 13.7. The van der Waals surface area contributed by atoms with Gasteiger partial charge in [-0.15, -0.1) is 11.3 Å². The second kappa shape index (κ2) is 7.32. The van der Waals surface area contributed by atoms with E-state index in [1.54, 1.807) is 11.3 Å². The van der Waals surface area contributed by atoms with Gasteiger partial charge in [-0.05, 0) is 50.6 Å². The van der Waals surface area contributed by atoms with Crippen LogP contribution in [0.15, 0.2) is 28.0 Å². The van der Waals surface area contributed by atoms with E-state index in [1.165, 1.54) is 4.88 Å². The number of hydrogen-bond donors (Lipinski definition) is 0. The molecule has 0 atom stereocenters. The van der Waals surface area contributed by atoms with Gasteiger partial charge < -0.3 is 14.1 Å². The van der Waals surface area contributed by atoms with Crippen LogP contribution in [-0.2, 0) is 11.2 Å². The molecule has 124 valence electrons. The molecule has 0 spiro atoms. The highest BCUT2D eigenvalue weighted by atomic mass is 32.1. The lowest BCUT2D eigenvalue weighted by atomic mass is 10.0. The third-order valence-corrected chi connectivity index (χ3v) is 5.28. The van der Waals surface area contributed by atoms with Gasteiger partial charge in [0.2, 0.25) is 0 Å². The molecule has 3 heterocycles. The molecule has 3 rings (SSSR count). The monoisotopic (exact) mass is 333 g/mol. The smallest absolute Gasteiger partial charge is 0.257 e. The number of furan rings is 1. The molecule has 0 bridgehead atoms. The van der Waals surface area contributed by atoms with E-state index >= 15 is 0 Å². The fourth-order valence-electron chi connectivity index (χ4n) is 3.13. The summed E-state index contributed by atoms with van der Waals surface area (Å²) in [6.45, 7) is 5.96. The van der Waals surface area contributed by atoms with E-state index in [2.05, 4.69) is 17.5 Å². The minimum atomic E-state index is 0.0859. The minimum absolute atomic E-state index is 0.0859. The molecule has 2 aromatic rings. The van der Waals surface area contributed by atoms with Crippen LogP contribution >= 0.6 is 11.3 Å². The third-order valence-electron chi connectivity index (χ3n) is 4.34. The Morgan fingerprint density at radius 1 is 1.35 bits per heavy atom. The van der Waals surface area contributed by atoms with Gasteiger partial charge in [0.25, 0.3) is 5.91 Å². The van der Waals surface area contributed by atoms with Gasteiger partial charge in [0.1, 0.15) is 11.5 Å². The number of hydrogen-bond acceptors (Lipinski definition) is 4. The number of ether oxygens (including phenoxy) is 1. The summed E-state index contributed by atoms with van der Waals surface area (Å²) in [6.07, 6.45) is 2.72. The first-order valence-electron chi connectivity index (χ1n) is 8.13. The summed E-state index contributed by atoms with van der Waals surface area (Å²) in [5.74, 6) is 1.58. The van der Waals surface area contributed by atoms with Crippen LogP contribution in [-0.4, -0.2) is 36.6 Å². The van der Waals surface area contributed by atoms with Crippen molar-refractivity contribution in [3.63, 3.8) is 0 Å². The summed E-state index contributed by atoms with van der Waals surface area (Å²) < 4.78 is 11.0. The van der Waals surface area contributed by atoms with E-state index in [0.717, 1.165) is 44.8 Å². The Bertz CT molecular complexity index is 641. The van der Waals surface area contributed by atoms with Crippen molar-refractivity contribution < 1.29 is 13.9 Å². The van der Waals surface area contributed by atoms with Crippen molar-refractivity contribution in [3.05, 3.63) is 45.5 Å². The first-order chi connectivity index (χ1) is 11.1. The van der Waals surface area contributed by atoms with E-state index in [-0.39, 0.29) is 11.9 Å². The van der Waals surface area contributed by atoms with Crippen LogP contribution in [0.2, 0.25) is 0 Å². The van der Waals surface area contributed by atoms with Gasteiger partial charge in [-0.2, -0.15) is 0 Å². The largest absolute Gasteiger partial charge is 0.466 e. The zero-order chi connectivity index (χ0) is 16.2. The predicted molar refractivity (Wildman–Crippen MR) is 91.1 cm³/mol. The fourth-order valence-corrected chi connectivity index (χ4v) is 3.83. The fraction of sp³-hybridized carbons (Fsp3) is 0.500. The van der Waals surface area contributed by atoms with Gasteiger partial charge in [-0.1, -0.05) is 6.07 Å². The lowest BCUT2D eigenvalue weighted by Gasteiger charge is -2.34. The summed E-state index contributed by atoms with van der Waals surface area (Å²) in [7, 11) is 0. The zero-order valence-corrected chi connectivity index (χ0v) is 14.5. The van der Waals surface area contributed by atoms with Crippen LogP contribution in [0.4, 0.5) is 0 Å². The summed E-state index contributed by atoms with van der Waals surface area (Å²) in [5, 5.41) is 2.08. The number of thiophene rings is 1. The Morgan fingerprint density at radius 2 is 2.13 bits per heavy atom. The van der Waals surface area contributed by atoms with Crippen LogP contribution in [0.25, 0.3) is 0 Å². The highest BCUT2D eigenvalue weighted by molar-refractivity contribution is 7.09. The molecular weight excluding hydrogens is 310 g/mol. The summed E-state index contributed by atoms with van der Waals surface area (Å²) in [4.78, 5) is 16.4. The Balaban J connectivity index is 1.78. The normalized spacial score (nSPS) is 15.7. The number of aryl methyl sites for hydroxylation is 2. The molecule has 0 N–H and O–H groups in total. The van der Waals surface area contributed by atoms with Crippen molar-refractivity contribution in [3.8, 4) is 0 Å². The summed E-state index contributed by atoms with van der Waals surface area (Å²) >= 11 is 1.75. The Morgan fingerprint density at radius 3 is 2.74 bits per heavy atom. The van der Waals surface area contributed by atoms with E-state index in [9.17, 15) is 4.79 Å². The maximum Gasteiger partial charge on any atom is 0.257 e. The molecule has 5 heteroatoms. The first kappa shape index (κ1) is 16.3. The lowest BCUT2D eigenvalue weighted by molar-refractivity contribution is 0.0293. The number of rotatable bonds is 5. The molecule has 1 aliphatic rings. The molecule has 0 unspecified atom stereocenters. The molecule has 1 fully saturated rings. The lowest BCUT2D eigenvalue weighted by Crippen LogP contribution is -2.44. The quantitative estimate of drug-likeness (QED) is 0.835. The van der Waals surface area contributed by atoms with Crippen LogP contribution in [0, 0.1) is 13.8 Å². The third kappa shape index (κ3) is 3.85. The Hall–Kier alpha value is -1.59. The van der Waals surface area contributed by atoms with Crippen molar-refractivity contribution in [1.29, 1.82) is 0 Å². The summed E-state index contributed by atoms with van der Waals surface area (Å²) in [5.41, 5.74) is 0.695. The molecule has 0 aromatic carbocycles. The SMILES string of the molecule is Cc1cc(C(=O)N(CCc2cccs2)C2CCOCC2)c(C)o1. The van der Waals surface area contributed by atoms with Crippen LogP contribution in [0.5, 0.6) is 0 Å². The van der Waals surface area contributed by atoms with Crippen LogP contribution < -0.4 is 0 Å². The molecular formula is C18H23NO3S. The van der Waals surface area contributed by atoms with Gasteiger partial charge >= 0.3 is 0 Å². The molecule has 0 saturated carbocycles. The van der Waals surface area contributed by atoms with E-state index < -0.39 is 0 Å². The standard InChI is InChI=1S/C18H23NO3S/c1-13-12-17(14(2)22-13)18(20)19(15-6-9-21-10-7-15)8-5-16-4-3-11-23-16/h3-4,11-12,15H,5-10H2,1-2H3. The van der Waals surface area contributed by atoms with E-state index in [4.69, 9.17) is 9.15 Å². The minimum Gasteiger partial charge on any atom is -0.466 e. The first-order valence-corrected chi connectivity index (χ1v) is 9.01.